The van der Waals surface area contributed by atoms with Crippen LogP contribution in [0.4, 0.5) is 8.78 Å². The van der Waals surface area contributed by atoms with E-state index in [1.807, 2.05) is 0 Å². The summed E-state index contributed by atoms with van der Waals surface area (Å²) >= 11 is 0. The Bertz CT molecular complexity index is 934. The summed E-state index contributed by atoms with van der Waals surface area (Å²) in [5, 5.41) is 20.5. The number of carbonyl (C=O) groups excluding carboxylic acids is 1. The van der Waals surface area contributed by atoms with Crippen molar-refractivity contribution in [1.29, 1.82) is 0 Å². The number of aromatic nitrogens is 4. The number of hydrogen-bond acceptors (Lipinski definition) is 5. The molecule has 8 nitrogen and oxygen atoms in total. The topological polar surface area (TPSA) is 102 Å². The number of halogens is 2. The first-order valence-corrected chi connectivity index (χ1v) is 8.78. The standard InChI is InChI=1S/C17H23F2N5O3/c1-9(2)14-22-23(8-13(25)20-10-6-16(3,27)7-10)15(26)11-5-12(17(4,18)19)21-24(11)14/h5,9-10,27H,6-8H2,1-4H3,(H,20,25). The number of nitrogens with one attached hydrogen (secondary N) is 1. The number of nitrogens with zero attached hydrogens (tertiary/aromatic N) is 4. The van der Waals surface area contributed by atoms with Crippen LogP contribution in [0.3, 0.4) is 0 Å². The van der Waals surface area contributed by atoms with Crippen LogP contribution in [0.2, 0.25) is 0 Å². The minimum Gasteiger partial charge on any atom is -0.390 e. The van der Waals surface area contributed by atoms with Gasteiger partial charge < -0.3 is 10.4 Å². The van der Waals surface area contributed by atoms with Gasteiger partial charge in [0.25, 0.3) is 11.5 Å². The molecule has 0 aliphatic heterocycles. The molecule has 3 rings (SSSR count). The van der Waals surface area contributed by atoms with Gasteiger partial charge in [0.1, 0.15) is 17.8 Å². The van der Waals surface area contributed by atoms with E-state index in [2.05, 4.69) is 15.5 Å². The summed E-state index contributed by atoms with van der Waals surface area (Å²) in [6, 6.07) is 0.879. The quantitative estimate of drug-likeness (QED) is 0.807. The summed E-state index contributed by atoms with van der Waals surface area (Å²) in [5.41, 5.74) is -2.03. The van der Waals surface area contributed by atoms with Gasteiger partial charge in [-0.3, -0.25) is 9.59 Å². The molecule has 2 aromatic heterocycles. The fourth-order valence-corrected chi connectivity index (χ4v) is 3.25. The molecule has 1 fully saturated rings. The van der Waals surface area contributed by atoms with Crippen LogP contribution in [0.5, 0.6) is 0 Å². The van der Waals surface area contributed by atoms with Crippen molar-refractivity contribution >= 4 is 11.4 Å². The maximum Gasteiger partial charge on any atom is 0.293 e. The molecule has 2 N–H and O–H groups in total. The van der Waals surface area contributed by atoms with Gasteiger partial charge in [-0.2, -0.15) is 19.0 Å². The lowest BCUT2D eigenvalue weighted by atomic mass is 9.77. The lowest BCUT2D eigenvalue weighted by Gasteiger charge is -2.41. The van der Waals surface area contributed by atoms with Gasteiger partial charge in [-0.25, -0.2) is 9.20 Å². The average molecular weight is 383 g/mol. The number of carbonyl (C=O) groups is 1. The molecule has 1 amide bonds. The van der Waals surface area contributed by atoms with Crippen molar-refractivity contribution in [2.75, 3.05) is 0 Å². The number of hydrogen-bond donors (Lipinski definition) is 2. The fourth-order valence-electron chi connectivity index (χ4n) is 3.25. The van der Waals surface area contributed by atoms with Crippen molar-refractivity contribution < 1.29 is 18.7 Å². The van der Waals surface area contributed by atoms with E-state index in [0.29, 0.717) is 25.6 Å². The summed E-state index contributed by atoms with van der Waals surface area (Å²) in [7, 11) is 0. The Morgan fingerprint density at radius 3 is 2.59 bits per heavy atom. The van der Waals surface area contributed by atoms with Crippen LogP contribution in [0.25, 0.3) is 5.52 Å². The van der Waals surface area contributed by atoms with E-state index >= 15 is 0 Å². The fraction of sp³-hybridized carbons (Fsp3) is 0.647. The van der Waals surface area contributed by atoms with E-state index in [1.165, 1.54) is 0 Å². The van der Waals surface area contributed by atoms with Gasteiger partial charge in [0.05, 0.1) is 5.60 Å². The largest absolute Gasteiger partial charge is 0.390 e. The average Bonchev–Trinajstić information content (AvgIpc) is 2.93. The second-order valence-electron chi connectivity index (χ2n) is 7.86. The predicted octanol–water partition coefficient (Wildman–Crippen LogP) is 1.16. The van der Waals surface area contributed by atoms with Crippen molar-refractivity contribution in [3.8, 4) is 0 Å². The highest BCUT2D eigenvalue weighted by atomic mass is 19.3. The molecule has 27 heavy (non-hydrogen) atoms. The third kappa shape index (κ3) is 3.85. The smallest absolute Gasteiger partial charge is 0.293 e. The van der Waals surface area contributed by atoms with E-state index < -0.39 is 28.7 Å². The van der Waals surface area contributed by atoms with Crippen molar-refractivity contribution in [2.45, 2.75) is 70.6 Å². The monoisotopic (exact) mass is 383 g/mol. The van der Waals surface area contributed by atoms with Crippen molar-refractivity contribution in [1.82, 2.24) is 24.7 Å². The first-order valence-electron chi connectivity index (χ1n) is 8.78. The van der Waals surface area contributed by atoms with Gasteiger partial charge in [0.2, 0.25) is 5.91 Å². The number of alkyl halides is 2. The SMILES string of the molecule is CC(C)c1nn(CC(=O)NC2CC(C)(O)C2)c(=O)c2cc(C(C)(F)F)nn12. The maximum atomic E-state index is 13.6. The Morgan fingerprint density at radius 1 is 1.44 bits per heavy atom. The summed E-state index contributed by atoms with van der Waals surface area (Å²) in [5.74, 6) is -3.53. The Labute approximate surface area is 154 Å². The third-order valence-electron chi connectivity index (χ3n) is 4.60. The Morgan fingerprint density at radius 2 is 2.07 bits per heavy atom. The molecule has 2 aromatic rings. The predicted molar refractivity (Wildman–Crippen MR) is 92.7 cm³/mol. The van der Waals surface area contributed by atoms with Gasteiger partial charge in [-0.05, 0) is 25.8 Å². The molecular weight excluding hydrogens is 360 g/mol. The molecule has 1 saturated carbocycles. The molecule has 1 aliphatic rings. The molecule has 0 spiro atoms. The Kier molecular flexibility index (Phi) is 4.57. The zero-order valence-electron chi connectivity index (χ0n) is 15.7. The van der Waals surface area contributed by atoms with Crippen LogP contribution in [0.1, 0.15) is 58.0 Å². The molecule has 10 heteroatoms. The summed E-state index contributed by atoms with van der Waals surface area (Å²) in [6.07, 6.45) is 0.879. The summed E-state index contributed by atoms with van der Waals surface area (Å²) < 4.78 is 29.4. The highest BCUT2D eigenvalue weighted by Gasteiger charge is 2.39. The zero-order valence-corrected chi connectivity index (χ0v) is 15.7. The summed E-state index contributed by atoms with van der Waals surface area (Å²) in [4.78, 5) is 24.9. The highest BCUT2D eigenvalue weighted by Crippen LogP contribution is 2.31. The first-order chi connectivity index (χ1) is 12.4. The minimum absolute atomic E-state index is 0.0513. The molecule has 0 atom stereocenters. The third-order valence-corrected chi connectivity index (χ3v) is 4.60. The van der Waals surface area contributed by atoms with Crippen LogP contribution >= 0.6 is 0 Å². The van der Waals surface area contributed by atoms with Crippen LogP contribution < -0.4 is 10.9 Å². The maximum absolute atomic E-state index is 13.6. The van der Waals surface area contributed by atoms with E-state index in [0.717, 1.165) is 15.3 Å². The van der Waals surface area contributed by atoms with Crippen LogP contribution in [-0.4, -0.2) is 42.1 Å². The van der Waals surface area contributed by atoms with Crippen LogP contribution in [0, 0.1) is 0 Å². The number of fused-ring (bicyclic) bond motifs is 1. The highest BCUT2D eigenvalue weighted by molar-refractivity contribution is 5.76. The molecule has 2 heterocycles. The molecule has 0 saturated heterocycles. The van der Waals surface area contributed by atoms with Crippen LogP contribution in [0.15, 0.2) is 10.9 Å². The Balaban J connectivity index is 1.92. The number of rotatable bonds is 5. The Hall–Kier alpha value is -2.36. The van der Waals surface area contributed by atoms with Gasteiger partial charge in [-0.15, -0.1) is 0 Å². The van der Waals surface area contributed by atoms with Crippen LogP contribution in [-0.2, 0) is 17.3 Å². The van der Waals surface area contributed by atoms with E-state index in [9.17, 15) is 23.5 Å². The van der Waals surface area contributed by atoms with Crippen molar-refractivity contribution in [2.24, 2.45) is 0 Å². The summed E-state index contributed by atoms with van der Waals surface area (Å²) in [6.45, 7) is 5.63. The second kappa shape index (κ2) is 6.36. The second-order valence-corrected chi connectivity index (χ2v) is 7.86. The molecule has 0 bridgehead atoms. The van der Waals surface area contributed by atoms with Gasteiger partial charge in [-0.1, -0.05) is 13.8 Å². The lowest BCUT2D eigenvalue weighted by molar-refractivity contribution is -0.125. The van der Waals surface area contributed by atoms with E-state index in [1.54, 1.807) is 20.8 Å². The van der Waals surface area contributed by atoms with Gasteiger partial charge in [0, 0.05) is 18.9 Å². The van der Waals surface area contributed by atoms with E-state index in [-0.39, 0.29) is 24.0 Å². The lowest BCUT2D eigenvalue weighted by Crippen LogP contribution is -2.54. The molecule has 1 aliphatic carbocycles. The van der Waals surface area contributed by atoms with E-state index in [4.69, 9.17) is 0 Å². The number of amides is 1. The molecule has 0 radical (unpaired) electrons. The molecule has 0 unspecified atom stereocenters. The molecule has 0 aromatic carbocycles. The molecular formula is C17H23F2N5O3. The number of aliphatic hydroxyl groups is 1. The minimum atomic E-state index is -3.20. The molecule has 148 valence electrons. The van der Waals surface area contributed by atoms with Crippen molar-refractivity contribution in [3.63, 3.8) is 0 Å². The normalized spacial score (nSPS) is 22.9. The van der Waals surface area contributed by atoms with Gasteiger partial charge >= 0.3 is 0 Å². The first kappa shape index (κ1) is 19.4. The van der Waals surface area contributed by atoms with Gasteiger partial charge in [0.15, 0.2) is 5.82 Å². The van der Waals surface area contributed by atoms with Crippen molar-refractivity contribution in [3.05, 3.63) is 27.9 Å². The zero-order chi connectivity index (χ0) is 20.1.